The zero-order valence-electron chi connectivity index (χ0n) is 15.1. The summed E-state index contributed by atoms with van der Waals surface area (Å²) in [7, 11) is 0. The molecule has 0 amide bonds. The molecule has 0 radical (unpaired) electrons. The molecule has 0 aromatic carbocycles. The first-order valence-electron chi connectivity index (χ1n) is 9.48. The molecule has 130 valence electrons. The zero-order valence-corrected chi connectivity index (χ0v) is 15.1. The number of hydrogen-bond donors (Lipinski definition) is 2. The van der Waals surface area contributed by atoms with E-state index < -0.39 is 5.60 Å². The lowest BCUT2D eigenvalue weighted by atomic mass is 9.60. The molecule has 7 atom stereocenters. The fourth-order valence-electron chi connectivity index (χ4n) is 7.37. The van der Waals surface area contributed by atoms with Crippen LogP contribution in [0.1, 0.15) is 72.6 Å². The molecule has 4 saturated carbocycles. The van der Waals surface area contributed by atoms with Crippen molar-refractivity contribution in [2.75, 3.05) is 0 Å². The third kappa shape index (κ3) is 1.87. The minimum absolute atomic E-state index is 0.0346. The van der Waals surface area contributed by atoms with Crippen molar-refractivity contribution in [2.24, 2.45) is 34.0 Å². The molecule has 2 bridgehead atoms. The first-order chi connectivity index (χ1) is 10.5. The van der Waals surface area contributed by atoms with Gasteiger partial charge in [-0.05, 0) is 69.1 Å². The number of aliphatic hydroxyl groups is 2. The third-order valence-electron chi connectivity index (χ3n) is 8.64. The van der Waals surface area contributed by atoms with Crippen molar-refractivity contribution in [1.29, 1.82) is 0 Å². The predicted molar refractivity (Wildman–Crippen MR) is 88.7 cm³/mol. The molecule has 4 aliphatic rings. The molecule has 0 aromatic heterocycles. The van der Waals surface area contributed by atoms with Gasteiger partial charge in [0.15, 0.2) is 0 Å². The van der Waals surface area contributed by atoms with Crippen LogP contribution in [0.3, 0.4) is 0 Å². The molecule has 0 aromatic rings. The highest BCUT2D eigenvalue weighted by Gasteiger charge is 2.71. The van der Waals surface area contributed by atoms with E-state index in [1.165, 1.54) is 0 Å². The Morgan fingerprint density at radius 1 is 1.04 bits per heavy atom. The fraction of sp³-hybridized carbons (Fsp3) is 0.950. The molecule has 0 heterocycles. The smallest absolute Gasteiger partial charge is 0.142 e. The number of Topliss-reactive ketones (excluding diaryl/α,β-unsaturated/α-hetero) is 1. The van der Waals surface area contributed by atoms with E-state index in [9.17, 15) is 15.0 Å². The second-order valence-electron chi connectivity index (χ2n) is 10.4. The molecule has 2 N–H and O–H groups in total. The maximum Gasteiger partial charge on any atom is 0.142 e. The minimum atomic E-state index is -0.585. The zero-order chi connectivity index (χ0) is 16.8. The topological polar surface area (TPSA) is 57.5 Å². The lowest BCUT2D eigenvalue weighted by molar-refractivity contribution is -0.136. The summed E-state index contributed by atoms with van der Waals surface area (Å²) in [6.07, 6.45) is 6.02. The van der Waals surface area contributed by atoms with Crippen LogP contribution in [0.2, 0.25) is 0 Å². The van der Waals surface area contributed by atoms with Crippen molar-refractivity contribution in [3.8, 4) is 0 Å². The van der Waals surface area contributed by atoms with E-state index in [4.69, 9.17) is 0 Å². The summed E-state index contributed by atoms with van der Waals surface area (Å²) in [4.78, 5) is 13.3. The highest BCUT2D eigenvalue weighted by molar-refractivity contribution is 5.88. The van der Waals surface area contributed by atoms with Crippen molar-refractivity contribution >= 4 is 5.78 Å². The Morgan fingerprint density at radius 3 is 2.43 bits per heavy atom. The van der Waals surface area contributed by atoms with E-state index >= 15 is 0 Å². The molecule has 1 spiro atoms. The van der Waals surface area contributed by atoms with Crippen LogP contribution in [-0.4, -0.2) is 27.7 Å². The molecule has 0 unspecified atom stereocenters. The van der Waals surface area contributed by atoms with E-state index in [1.807, 2.05) is 6.92 Å². The third-order valence-corrected chi connectivity index (χ3v) is 8.64. The highest BCUT2D eigenvalue weighted by Crippen LogP contribution is 2.73. The van der Waals surface area contributed by atoms with E-state index in [-0.39, 0.29) is 28.3 Å². The van der Waals surface area contributed by atoms with E-state index in [0.717, 1.165) is 44.9 Å². The van der Waals surface area contributed by atoms with Crippen LogP contribution in [0, 0.1) is 34.0 Å². The van der Waals surface area contributed by atoms with E-state index in [2.05, 4.69) is 20.8 Å². The van der Waals surface area contributed by atoms with Gasteiger partial charge in [-0.25, -0.2) is 0 Å². The second-order valence-corrected chi connectivity index (χ2v) is 10.4. The first kappa shape index (κ1) is 16.1. The average Bonchev–Trinajstić information content (AvgIpc) is 2.81. The van der Waals surface area contributed by atoms with Crippen LogP contribution in [0.25, 0.3) is 0 Å². The summed E-state index contributed by atoms with van der Waals surface area (Å²) in [5.41, 5.74) is -1.13. The number of ketones is 1. The fourth-order valence-corrected chi connectivity index (χ4v) is 7.37. The maximum absolute atomic E-state index is 13.3. The molecule has 4 rings (SSSR count). The molecule has 4 aliphatic carbocycles. The van der Waals surface area contributed by atoms with Gasteiger partial charge in [-0.3, -0.25) is 4.79 Å². The van der Waals surface area contributed by atoms with Crippen LogP contribution in [0.4, 0.5) is 0 Å². The Labute approximate surface area is 139 Å². The summed E-state index contributed by atoms with van der Waals surface area (Å²) < 4.78 is 0. The SMILES string of the molecule is CC1(C)CC[C@H](O)[C@@]2(C)[C@@H]3CC[C@@H]4C[C@@]3(C[C@H]2C1=O)C[C@@]4(C)O. The van der Waals surface area contributed by atoms with Crippen LogP contribution < -0.4 is 0 Å². The van der Waals surface area contributed by atoms with Gasteiger partial charge in [0.1, 0.15) is 5.78 Å². The molecule has 3 nitrogen and oxygen atoms in total. The first-order valence-corrected chi connectivity index (χ1v) is 9.48. The van der Waals surface area contributed by atoms with Crippen LogP contribution in [0.15, 0.2) is 0 Å². The van der Waals surface area contributed by atoms with Gasteiger partial charge in [-0.1, -0.05) is 20.8 Å². The van der Waals surface area contributed by atoms with Crippen molar-refractivity contribution in [3.05, 3.63) is 0 Å². The van der Waals surface area contributed by atoms with Crippen LogP contribution in [0.5, 0.6) is 0 Å². The normalized spacial score (nSPS) is 57.7. The number of rotatable bonds is 0. The Kier molecular flexibility index (Phi) is 3.08. The molecular formula is C20H32O3. The average molecular weight is 320 g/mol. The molecule has 4 fully saturated rings. The molecule has 3 heteroatoms. The summed E-state index contributed by atoms with van der Waals surface area (Å²) in [5, 5.41) is 21.9. The standard InChI is InChI=1S/C20H32O3/c1-17(2)8-7-15(21)19(4)13(16(17)22)10-20-9-12(5-6-14(19)20)18(3,23)11-20/h12-15,21,23H,5-11H2,1-4H3/t12-,13+,14+,15+,18-,19-,20-/m1/s1. The number of hydrogen-bond acceptors (Lipinski definition) is 3. The van der Waals surface area contributed by atoms with Gasteiger partial charge in [-0.15, -0.1) is 0 Å². The highest BCUT2D eigenvalue weighted by atomic mass is 16.3. The molecule has 0 aliphatic heterocycles. The van der Waals surface area contributed by atoms with E-state index in [1.54, 1.807) is 0 Å². The van der Waals surface area contributed by atoms with E-state index in [0.29, 0.717) is 17.6 Å². The molecule has 0 saturated heterocycles. The number of carbonyl (C=O) groups excluding carboxylic acids is 1. The van der Waals surface area contributed by atoms with Gasteiger partial charge >= 0.3 is 0 Å². The lowest BCUT2D eigenvalue weighted by Crippen LogP contribution is -2.45. The summed E-state index contributed by atoms with van der Waals surface area (Å²) in [6, 6.07) is 0. The van der Waals surface area contributed by atoms with Gasteiger partial charge in [-0.2, -0.15) is 0 Å². The van der Waals surface area contributed by atoms with Gasteiger partial charge < -0.3 is 10.2 Å². The quantitative estimate of drug-likeness (QED) is 0.720. The van der Waals surface area contributed by atoms with Gasteiger partial charge in [0.2, 0.25) is 0 Å². The predicted octanol–water partition coefficient (Wildman–Crippen LogP) is 3.32. The maximum atomic E-state index is 13.3. The van der Waals surface area contributed by atoms with Gasteiger partial charge in [0, 0.05) is 16.7 Å². The number of aliphatic hydroxyl groups excluding tert-OH is 1. The van der Waals surface area contributed by atoms with Crippen molar-refractivity contribution < 1.29 is 15.0 Å². The van der Waals surface area contributed by atoms with Crippen molar-refractivity contribution in [1.82, 2.24) is 0 Å². The number of fused-ring (bicyclic) bond motifs is 3. The number of carbonyl (C=O) groups is 1. The van der Waals surface area contributed by atoms with Crippen molar-refractivity contribution in [3.63, 3.8) is 0 Å². The van der Waals surface area contributed by atoms with Crippen LogP contribution in [-0.2, 0) is 4.79 Å². The monoisotopic (exact) mass is 320 g/mol. The Morgan fingerprint density at radius 2 is 1.74 bits per heavy atom. The Hall–Kier alpha value is -0.410. The Bertz CT molecular complexity index is 551. The summed E-state index contributed by atoms with van der Waals surface area (Å²) in [5.74, 6) is 1.10. The van der Waals surface area contributed by atoms with Crippen LogP contribution >= 0.6 is 0 Å². The molecular weight excluding hydrogens is 288 g/mol. The largest absolute Gasteiger partial charge is 0.393 e. The summed E-state index contributed by atoms with van der Waals surface area (Å²) >= 11 is 0. The van der Waals surface area contributed by atoms with Gasteiger partial charge in [0.25, 0.3) is 0 Å². The minimum Gasteiger partial charge on any atom is -0.393 e. The lowest BCUT2D eigenvalue weighted by Gasteiger charge is -2.45. The van der Waals surface area contributed by atoms with Gasteiger partial charge in [0.05, 0.1) is 11.7 Å². The second kappa shape index (κ2) is 4.40. The van der Waals surface area contributed by atoms with Crippen molar-refractivity contribution in [2.45, 2.75) is 84.3 Å². The summed E-state index contributed by atoms with van der Waals surface area (Å²) in [6.45, 7) is 8.30. The molecule has 23 heavy (non-hydrogen) atoms. The Balaban J connectivity index is 1.81.